The second kappa shape index (κ2) is 2.60. The van der Waals surface area contributed by atoms with Gasteiger partial charge in [0.05, 0.1) is 5.41 Å². The first-order valence-corrected chi connectivity index (χ1v) is 5.41. The topological polar surface area (TPSA) is 17.1 Å². The smallest absolute Gasteiger partial charge is 0.146 e. The van der Waals surface area contributed by atoms with Crippen molar-refractivity contribution >= 4 is 17.4 Å². The molecule has 1 nitrogen and oxygen atoms in total. The molecule has 2 bridgehead atoms. The Kier molecular flexibility index (Phi) is 1.58. The SMILES string of the molecule is O=C1C2CCC1(c1ccccc1Cl)C2. The Morgan fingerprint density at radius 1 is 1.36 bits per heavy atom. The summed E-state index contributed by atoms with van der Waals surface area (Å²) in [6.45, 7) is 0. The number of Topliss-reactive ketones (excluding diaryl/α,β-unsaturated/α-hetero) is 1. The van der Waals surface area contributed by atoms with Crippen LogP contribution in [0.3, 0.4) is 0 Å². The van der Waals surface area contributed by atoms with Gasteiger partial charge in [0.15, 0.2) is 0 Å². The van der Waals surface area contributed by atoms with E-state index in [1.165, 1.54) is 0 Å². The molecular weight excluding hydrogens is 196 g/mol. The van der Waals surface area contributed by atoms with Crippen LogP contribution in [0.15, 0.2) is 24.3 Å². The lowest BCUT2D eigenvalue weighted by Gasteiger charge is -2.37. The maximum Gasteiger partial charge on any atom is 0.146 e. The van der Waals surface area contributed by atoms with Gasteiger partial charge in [-0.2, -0.15) is 0 Å². The highest BCUT2D eigenvalue weighted by molar-refractivity contribution is 6.32. The number of hydrogen-bond donors (Lipinski definition) is 0. The van der Waals surface area contributed by atoms with Gasteiger partial charge in [-0.3, -0.25) is 4.79 Å². The lowest BCUT2D eigenvalue weighted by molar-refractivity contribution is -0.133. The third-order valence-electron chi connectivity index (χ3n) is 3.75. The molecule has 0 spiro atoms. The van der Waals surface area contributed by atoms with Crippen molar-refractivity contribution < 1.29 is 4.79 Å². The number of carbonyl (C=O) groups excluding carboxylic acids is 1. The Bertz CT molecular complexity index is 409. The Hall–Kier alpha value is -0.820. The van der Waals surface area contributed by atoms with E-state index in [9.17, 15) is 4.79 Å². The average molecular weight is 207 g/mol. The van der Waals surface area contributed by atoms with Crippen LogP contribution in [0.1, 0.15) is 24.8 Å². The van der Waals surface area contributed by atoms with E-state index in [2.05, 4.69) is 0 Å². The lowest BCUT2D eigenvalue weighted by atomic mass is 9.64. The van der Waals surface area contributed by atoms with E-state index in [-0.39, 0.29) is 5.41 Å². The molecule has 3 saturated carbocycles. The lowest BCUT2D eigenvalue weighted by Crippen LogP contribution is -2.44. The van der Waals surface area contributed by atoms with Gasteiger partial charge >= 0.3 is 0 Å². The third kappa shape index (κ3) is 0.838. The average Bonchev–Trinajstić information content (AvgIpc) is 2.76. The fraction of sp³-hybridized carbons (Fsp3) is 0.417. The number of halogens is 1. The molecule has 3 fully saturated rings. The molecule has 0 aromatic heterocycles. The van der Waals surface area contributed by atoms with Gasteiger partial charge in [0.1, 0.15) is 5.78 Å². The molecule has 14 heavy (non-hydrogen) atoms. The Balaban J connectivity index is 2.12. The van der Waals surface area contributed by atoms with Crippen molar-refractivity contribution in [2.24, 2.45) is 5.92 Å². The van der Waals surface area contributed by atoms with Crippen molar-refractivity contribution in [1.29, 1.82) is 0 Å². The normalized spacial score (nSPS) is 34.4. The minimum absolute atomic E-state index is 0.191. The zero-order valence-electron chi connectivity index (χ0n) is 7.79. The number of benzene rings is 1. The van der Waals surface area contributed by atoms with E-state index in [4.69, 9.17) is 11.6 Å². The molecule has 4 rings (SSSR count). The molecule has 0 saturated heterocycles. The number of fused-ring (bicyclic) bond motifs is 1. The predicted molar refractivity (Wildman–Crippen MR) is 55.5 cm³/mol. The van der Waals surface area contributed by atoms with Crippen LogP contribution in [-0.4, -0.2) is 5.78 Å². The first-order chi connectivity index (χ1) is 6.74. The first kappa shape index (κ1) is 8.49. The van der Waals surface area contributed by atoms with Gasteiger partial charge in [-0.25, -0.2) is 0 Å². The van der Waals surface area contributed by atoms with Gasteiger partial charge in [0.2, 0.25) is 0 Å². The largest absolute Gasteiger partial charge is 0.298 e. The Labute approximate surface area is 88.1 Å². The van der Waals surface area contributed by atoms with Crippen LogP contribution >= 0.6 is 11.6 Å². The van der Waals surface area contributed by atoms with Crippen molar-refractivity contribution in [3.63, 3.8) is 0 Å². The second-order valence-electron chi connectivity index (χ2n) is 4.37. The molecule has 0 aliphatic heterocycles. The molecular formula is C12H11ClO. The molecule has 2 atom stereocenters. The van der Waals surface area contributed by atoms with Gasteiger partial charge in [-0.1, -0.05) is 29.8 Å². The van der Waals surface area contributed by atoms with Crippen LogP contribution < -0.4 is 0 Å². The van der Waals surface area contributed by atoms with Crippen molar-refractivity contribution in [1.82, 2.24) is 0 Å². The molecule has 72 valence electrons. The highest BCUT2D eigenvalue weighted by Gasteiger charge is 2.59. The Morgan fingerprint density at radius 2 is 2.14 bits per heavy atom. The van der Waals surface area contributed by atoms with Crippen LogP contribution in [0.2, 0.25) is 5.02 Å². The molecule has 3 aliphatic rings. The summed E-state index contributed by atoms with van der Waals surface area (Å²) < 4.78 is 0. The van der Waals surface area contributed by atoms with Crippen molar-refractivity contribution in [3.8, 4) is 0 Å². The molecule has 2 unspecified atom stereocenters. The molecule has 0 radical (unpaired) electrons. The van der Waals surface area contributed by atoms with Gasteiger partial charge in [-0.15, -0.1) is 0 Å². The molecule has 0 N–H and O–H groups in total. The minimum atomic E-state index is -0.191. The van der Waals surface area contributed by atoms with Crippen LogP contribution in [0.25, 0.3) is 0 Å². The standard InChI is InChI=1S/C12H11ClO/c13-10-4-2-1-3-9(10)12-6-5-8(7-12)11(12)14/h1-4,8H,5-7H2. The maximum atomic E-state index is 11.8. The van der Waals surface area contributed by atoms with Crippen LogP contribution in [0, 0.1) is 5.92 Å². The van der Waals surface area contributed by atoms with E-state index in [0.29, 0.717) is 11.7 Å². The zero-order valence-corrected chi connectivity index (χ0v) is 8.55. The van der Waals surface area contributed by atoms with Gasteiger partial charge < -0.3 is 0 Å². The Morgan fingerprint density at radius 3 is 2.71 bits per heavy atom. The first-order valence-electron chi connectivity index (χ1n) is 5.03. The second-order valence-corrected chi connectivity index (χ2v) is 4.77. The monoisotopic (exact) mass is 206 g/mol. The fourth-order valence-electron chi connectivity index (χ4n) is 2.98. The summed E-state index contributed by atoms with van der Waals surface area (Å²) >= 11 is 6.13. The summed E-state index contributed by atoms with van der Waals surface area (Å²) in [6.07, 6.45) is 3.08. The maximum absolute atomic E-state index is 11.8. The fourth-order valence-corrected chi connectivity index (χ4v) is 3.30. The molecule has 1 aromatic rings. The summed E-state index contributed by atoms with van der Waals surface area (Å²) in [7, 11) is 0. The van der Waals surface area contributed by atoms with Crippen molar-refractivity contribution in [2.45, 2.75) is 24.7 Å². The van der Waals surface area contributed by atoms with E-state index in [0.717, 1.165) is 29.8 Å². The quantitative estimate of drug-likeness (QED) is 0.691. The third-order valence-corrected chi connectivity index (χ3v) is 4.08. The van der Waals surface area contributed by atoms with E-state index in [1.54, 1.807) is 0 Å². The van der Waals surface area contributed by atoms with Crippen LogP contribution in [0.4, 0.5) is 0 Å². The summed E-state index contributed by atoms with van der Waals surface area (Å²) in [6, 6.07) is 7.76. The van der Waals surface area contributed by atoms with Crippen LogP contribution in [-0.2, 0) is 10.2 Å². The number of carbonyl (C=O) groups is 1. The van der Waals surface area contributed by atoms with Gasteiger partial charge in [-0.05, 0) is 30.9 Å². The van der Waals surface area contributed by atoms with E-state index >= 15 is 0 Å². The molecule has 3 aliphatic carbocycles. The molecule has 0 amide bonds. The molecule has 2 heteroatoms. The van der Waals surface area contributed by atoms with Gasteiger partial charge in [0.25, 0.3) is 0 Å². The summed E-state index contributed by atoms with van der Waals surface area (Å²) in [4.78, 5) is 11.8. The molecule has 1 aromatic carbocycles. The van der Waals surface area contributed by atoms with Crippen molar-refractivity contribution in [2.75, 3.05) is 0 Å². The highest BCUT2D eigenvalue weighted by atomic mass is 35.5. The number of rotatable bonds is 1. The number of ketones is 1. The zero-order chi connectivity index (χ0) is 9.76. The highest BCUT2D eigenvalue weighted by Crippen LogP contribution is 2.57. The van der Waals surface area contributed by atoms with E-state index < -0.39 is 0 Å². The minimum Gasteiger partial charge on any atom is -0.298 e. The van der Waals surface area contributed by atoms with Crippen LogP contribution in [0.5, 0.6) is 0 Å². The summed E-state index contributed by atoms with van der Waals surface area (Å²) in [5.74, 6) is 0.761. The summed E-state index contributed by atoms with van der Waals surface area (Å²) in [5.41, 5.74) is 0.864. The summed E-state index contributed by atoms with van der Waals surface area (Å²) in [5, 5.41) is 0.751. The molecule has 0 heterocycles. The van der Waals surface area contributed by atoms with Gasteiger partial charge in [0, 0.05) is 10.9 Å². The predicted octanol–water partition coefficient (Wildman–Crippen LogP) is 2.96. The van der Waals surface area contributed by atoms with Crippen molar-refractivity contribution in [3.05, 3.63) is 34.9 Å². The number of hydrogen-bond acceptors (Lipinski definition) is 1. The van der Waals surface area contributed by atoms with E-state index in [1.807, 2.05) is 24.3 Å².